The van der Waals surface area contributed by atoms with E-state index in [1.54, 1.807) is 0 Å². The lowest BCUT2D eigenvalue weighted by Crippen LogP contribution is -2.65. The van der Waals surface area contributed by atoms with Crippen molar-refractivity contribution in [2.75, 3.05) is 0 Å². The van der Waals surface area contributed by atoms with Gasteiger partial charge in [0.2, 0.25) is 0 Å². The summed E-state index contributed by atoms with van der Waals surface area (Å²) in [5, 5.41) is 8.80. The topological polar surface area (TPSA) is 46.5 Å². The third-order valence-electron chi connectivity index (χ3n) is 3.34. The Morgan fingerprint density at radius 3 is 2.00 bits per heavy atom. The Labute approximate surface area is 84.2 Å². The van der Waals surface area contributed by atoms with E-state index in [2.05, 4.69) is 0 Å². The fourth-order valence-corrected chi connectivity index (χ4v) is 2.59. The van der Waals surface area contributed by atoms with Gasteiger partial charge in [0.15, 0.2) is 0 Å². The van der Waals surface area contributed by atoms with Crippen LogP contribution in [0.4, 0.5) is 13.2 Å². The second kappa shape index (κ2) is 3.10. The zero-order valence-corrected chi connectivity index (χ0v) is 7.88. The Morgan fingerprint density at radius 1 is 1.27 bits per heavy atom. The summed E-state index contributed by atoms with van der Waals surface area (Å²) in [5.41, 5.74) is -2.95. The molecule has 3 rings (SSSR count). The molecule has 1 saturated carbocycles. The van der Waals surface area contributed by atoms with E-state index in [9.17, 15) is 18.0 Å². The van der Waals surface area contributed by atoms with Crippen molar-refractivity contribution in [3.63, 3.8) is 0 Å². The number of hydrogen-bond donors (Lipinski definition) is 1. The van der Waals surface area contributed by atoms with Crippen LogP contribution in [0.1, 0.15) is 25.7 Å². The van der Waals surface area contributed by atoms with Gasteiger partial charge in [0, 0.05) is 5.92 Å². The van der Waals surface area contributed by atoms with Gasteiger partial charge < -0.3 is 9.84 Å². The van der Waals surface area contributed by atoms with E-state index in [-0.39, 0.29) is 12.8 Å². The number of carboxylic acid groups (broad SMARTS) is 1. The Balaban J connectivity index is 2.40. The van der Waals surface area contributed by atoms with Crippen molar-refractivity contribution in [1.82, 2.24) is 0 Å². The smallest absolute Gasteiger partial charge is 0.428 e. The molecule has 0 radical (unpaired) electrons. The maximum Gasteiger partial charge on any atom is 0.428 e. The zero-order chi connectivity index (χ0) is 11.3. The molecule has 15 heavy (non-hydrogen) atoms. The lowest BCUT2D eigenvalue weighted by Gasteiger charge is -2.49. The van der Waals surface area contributed by atoms with E-state index in [1.165, 1.54) is 0 Å². The number of hydrogen-bond acceptors (Lipinski definition) is 2. The van der Waals surface area contributed by atoms with Crippen LogP contribution >= 0.6 is 0 Å². The van der Waals surface area contributed by atoms with Crippen LogP contribution in [-0.4, -0.2) is 29.0 Å². The molecule has 2 saturated heterocycles. The van der Waals surface area contributed by atoms with E-state index in [4.69, 9.17) is 9.84 Å². The van der Waals surface area contributed by atoms with Crippen molar-refractivity contribution in [2.45, 2.75) is 43.6 Å². The first-order valence-electron chi connectivity index (χ1n) is 4.86. The molecule has 1 aliphatic carbocycles. The zero-order valence-electron chi connectivity index (χ0n) is 7.88. The third kappa shape index (κ3) is 1.34. The normalized spacial score (nSPS) is 40.5. The molecule has 3 aliphatic rings. The summed E-state index contributed by atoms with van der Waals surface area (Å²) in [7, 11) is 0. The SMILES string of the molecule is O=C(O)C1(C(F)(F)F)OC2CCC1CC2. The van der Waals surface area contributed by atoms with E-state index in [0.29, 0.717) is 12.8 Å². The predicted molar refractivity (Wildman–Crippen MR) is 43.3 cm³/mol. The van der Waals surface area contributed by atoms with Crippen molar-refractivity contribution >= 4 is 5.97 Å². The molecule has 2 heterocycles. The summed E-state index contributed by atoms with van der Waals surface area (Å²) in [4.78, 5) is 10.9. The molecule has 2 aliphatic heterocycles. The van der Waals surface area contributed by atoms with Crippen LogP contribution < -0.4 is 0 Å². The standard InChI is InChI=1S/C9H11F3O3/c10-9(11,12)8(7(13)14)5-1-3-6(15-8)4-2-5/h5-6H,1-4H2,(H,13,14). The van der Waals surface area contributed by atoms with E-state index >= 15 is 0 Å². The van der Waals surface area contributed by atoms with Gasteiger partial charge in [-0.3, -0.25) is 0 Å². The minimum absolute atomic E-state index is 0.288. The van der Waals surface area contributed by atoms with E-state index in [1.807, 2.05) is 0 Å². The van der Waals surface area contributed by atoms with Crippen molar-refractivity contribution in [3.8, 4) is 0 Å². The molecule has 1 atom stereocenters. The highest BCUT2D eigenvalue weighted by atomic mass is 19.4. The van der Waals surface area contributed by atoms with Gasteiger partial charge in [-0.1, -0.05) is 0 Å². The molecule has 0 aromatic heterocycles. The molecule has 2 bridgehead atoms. The van der Waals surface area contributed by atoms with E-state index in [0.717, 1.165) is 0 Å². The number of fused-ring (bicyclic) bond motifs is 3. The number of alkyl halides is 3. The van der Waals surface area contributed by atoms with Crippen LogP contribution in [0.2, 0.25) is 0 Å². The number of rotatable bonds is 1. The number of carboxylic acids is 1. The first-order valence-corrected chi connectivity index (χ1v) is 4.86. The average Bonchev–Trinajstić information content (AvgIpc) is 2.17. The Morgan fingerprint density at radius 2 is 1.80 bits per heavy atom. The number of ether oxygens (including phenoxy) is 1. The van der Waals surface area contributed by atoms with Gasteiger partial charge >= 0.3 is 12.1 Å². The number of aliphatic carboxylic acids is 1. The first kappa shape index (κ1) is 10.7. The molecule has 0 amide bonds. The van der Waals surface area contributed by atoms with Crippen LogP contribution in [0.5, 0.6) is 0 Å². The fraction of sp³-hybridized carbons (Fsp3) is 0.889. The minimum Gasteiger partial charge on any atom is -0.479 e. The predicted octanol–water partition coefficient (Wildman–Crippen LogP) is 1.96. The summed E-state index contributed by atoms with van der Waals surface area (Å²) in [6, 6.07) is 0. The number of carbonyl (C=O) groups is 1. The maximum atomic E-state index is 12.8. The van der Waals surface area contributed by atoms with Crippen molar-refractivity contribution in [2.24, 2.45) is 5.92 Å². The quantitative estimate of drug-likeness (QED) is 0.740. The average molecular weight is 224 g/mol. The maximum absolute atomic E-state index is 12.8. The van der Waals surface area contributed by atoms with Gasteiger partial charge in [0.25, 0.3) is 5.60 Å². The molecule has 0 aromatic rings. The summed E-state index contributed by atoms with van der Waals surface area (Å²) in [6.07, 6.45) is -3.73. The molecule has 0 spiro atoms. The summed E-state index contributed by atoms with van der Waals surface area (Å²) in [5.74, 6) is -2.83. The lowest BCUT2D eigenvalue weighted by atomic mass is 9.71. The van der Waals surface area contributed by atoms with Crippen molar-refractivity contribution in [1.29, 1.82) is 0 Å². The van der Waals surface area contributed by atoms with E-state index < -0.39 is 29.8 Å². The van der Waals surface area contributed by atoms with Gasteiger partial charge in [-0.25, -0.2) is 4.79 Å². The van der Waals surface area contributed by atoms with Gasteiger partial charge in [-0.2, -0.15) is 13.2 Å². The Bertz CT molecular complexity index is 281. The van der Waals surface area contributed by atoms with Crippen molar-refractivity contribution < 1.29 is 27.8 Å². The molecular formula is C9H11F3O3. The number of halogens is 3. The van der Waals surface area contributed by atoms with Crippen molar-refractivity contribution in [3.05, 3.63) is 0 Å². The highest BCUT2D eigenvalue weighted by Gasteiger charge is 2.69. The summed E-state index contributed by atoms with van der Waals surface area (Å²) < 4.78 is 43.2. The van der Waals surface area contributed by atoms with Crippen LogP contribution in [0.25, 0.3) is 0 Å². The van der Waals surface area contributed by atoms with Crippen LogP contribution in [0, 0.1) is 5.92 Å². The molecule has 1 N–H and O–H groups in total. The summed E-state index contributed by atoms with van der Waals surface area (Å²) >= 11 is 0. The van der Waals surface area contributed by atoms with Crippen LogP contribution in [0.15, 0.2) is 0 Å². The largest absolute Gasteiger partial charge is 0.479 e. The van der Waals surface area contributed by atoms with Gasteiger partial charge in [0.1, 0.15) is 0 Å². The van der Waals surface area contributed by atoms with Gasteiger partial charge in [-0.05, 0) is 25.7 Å². The molecule has 86 valence electrons. The molecular weight excluding hydrogens is 213 g/mol. The Kier molecular flexibility index (Phi) is 2.22. The molecule has 0 aromatic carbocycles. The summed E-state index contributed by atoms with van der Waals surface area (Å²) in [6.45, 7) is 0. The van der Waals surface area contributed by atoms with Crippen LogP contribution in [0.3, 0.4) is 0 Å². The molecule has 3 nitrogen and oxygen atoms in total. The Hall–Kier alpha value is -0.780. The second-order valence-electron chi connectivity index (χ2n) is 4.13. The molecule has 1 unspecified atom stereocenters. The monoisotopic (exact) mass is 224 g/mol. The minimum atomic E-state index is -4.83. The first-order chi connectivity index (χ1) is 6.88. The van der Waals surface area contributed by atoms with Crippen LogP contribution in [-0.2, 0) is 9.53 Å². The second-order valence-corrected chi connectivity index (χ2v) is 4.13. The highest BCUT2D eigenvalue weighted by molar-refractivity contribution is 5.79. The highest BCUT2D eigenvalue weighted by Crippen LogP contribution is 2.51. The third-order valence-corrected chi connectivity index (χ3v) is 3.34. The van der Waals surface area contributed by atoms with Gasteiger partial charge in [-0.15, -0.1) is 0 Å². The molecule has 3 fully saturated rings. The van der Waals surface area contributed by atoms with Gasteiger partial charge in [0.05, 0.1) is 6.10 Å². The molecule has 6 heteroatoms. The lowest BCUT2D eigenvalue weighted by molar-refractivity contribution is -0.329. The fourth-order valence-electron chi connectivity index (χ4n) is 2.59.